The average Bonchev–Trinajstić information content (AvgIpc) is 2.65. The number of amides is 1. The molecule has 0 spiro atoms. The van der Waals surface area contributed by atoms with Gasteiger partial charge in [0.2, 0.25) is 0 Å². The zero-order valence-corrected chi connectivity index (χ0v) is 14.3. The van der Waals surface area contributed by atoms with Gasteiger partial charge in [-0.3, -0.25) is 4.79 Å². The Labute approximate surface area is 146 Å². The summed E-state index contributed by atoms with van der Waals surface area (Å²) < 4.78 is 0. The molecule has 25 heavy (non-hydrogen) atoms. The standard InChI is InChI=1S/C19H22N2O4/c1-3-6-17(16-9-5-10-18(25-23)13(16)2)19(22)21-12-14-7-4-8-15(11-14)24-20/h4-11,23H,3,12,20H2,1-2H3,(H,21,22)/b17-6+. The van der Waals surface area contributed by atoms with Crippen molar-refractivity contribution in [2.75, 3.05) is 0 Å². The zero-order chi connectivity index (χ0) is 18.2. The van der Waals surface area contributed by atoms with Crippen molar-refractivity contribution >= 4 is 11.5 Å². The fraction of sp³-hybridized carbons (Fsp3) is 0.211. The lowest BCUT2D eigenvalue weighted by Gasteiger charge is -2.13. The first-order valence-corrected chi connectivity index (χ1v) is 7.96. The van der Waals surface area contributed by atoms with E-state index in [1.807, 2.05) is 25.1 Å². The van der Waals surface area contributed by atoms with Crippen molar-refractivity contribution < 1.29 is 19.8 Å². The van der Waals surface area contributed by atoms with E-state index in [9.17, 15) is 4.79 Å². The number of benzene rings is 2. The third-order valence-electron chi connectivity index (χ3n) is 3.81. The summed E-state index contributed by atoms with van der Waals surface area (Å²) in [6.45, 7) is 4.09. The van der Waals surface area contributed by atoms with Crippen molar-refractivity contribution in [2.45, 2.75) is 26.8 Å². The molecule has 0 fully saturated rings. The van der Waals surface area contributed by atoms with Crippen LogP contribution in [0.2, 0.25) is 0 Å². The number of hydrogen-bond donors (Lipinski definition) is 3. The summed E-state index contributed by atoms with van der Waals surface area (Å²) in [6.07, 6.45) is 2.54. The van der Waals surface area contributed by atoms with E-state index in [1.54, 1.807) is 37.3 Å². The molecule has 0 atom stereocenters. The van der Waals surface area contributed by atoms with Crippen molar-refractivity contribution in [3.05, 3.63) is 65.2 Å². The van der Waals surface area contributed by atoms with E-state index < -0.39 is 0 Å². The van der Waals surface area contributed by atoms with Crippen molar-refractivity contribution in [3.8, 4) is 11.5 Å². The second-order valence-electron chi connectivity index (χ2n) is 5.49. The SMILES string of the molecule is CC/C=C(/C(=O)NCc1cccc(ON)c1)c1cccc(OO)c1C. The summed E-state index contributed by atoms with van der Waals surface area (Å²) in [4.78, 5) is 21.7. The van der Waals surface area contributed by atoms with Gasteiger partial charge >= 0.3 is 0 Å². The minimum Gasteiger partial charge on any atom is -0.412 e. The van der Waals surface area contributed by atoms with Crippen molar-refractivity contribution in [1.29, 1.82) is 0 Å². The van der Waals surface area contributed by atoms with Crippen LogP contribution in [-0.4, -0.2) is 11.2 Å². The molecular formula is C19H22N2O4. The Morgan fingerprint density at radius 3 is 2.72 bits per heavy atom. The Kier molecular flexibility index (Phi) is 6.56. The Bertz CT molecular complexity index is 772. The maximum Gasteiger partial charge on any atom is 0.251 e. The summed E-state index contributed by atoms with van der Waals surface area (Å²) in [7, 11) is 0. The van der Waals surface area contributed by atoms with Crippen LogP contribution in [0, 0.1) is 6.92 Å². The molecule has 0 aliphatic rings. The highest BCUT2D eigenvalue weighted by atomic mass is 17.1. The normalized spacial score (nSPS) is 11.1. The minimum absolute atomic E-state index is 0.209. The van der Waals surface area contributed by atoms with Crippen LogP contribution in [0.5, 0.6) is 11.5 Å². The quantitative estimate of drug-likeness (QED) is 0.408. The van der Waals surface area contributed by atoms with E-state index in [4.69, 9.17) is 16.0 Å². The molecular weight excluding hydrogens is 320 g/mol. The Morgan fingerprint density at radius 2 is 2.04 bits per heavy atom. The van der Waals surface area contributed by atoms with E-state index in [0.29, 0.717) is 41.2 Å². The smallest absolute Gasteiger partial charge is 0.251 e. The highest BCUT2D eigenvalue weighted by Gasteiger charge is 2.16. The maximum atomic E-state index is 12.7. The number of nitrogens with two attached hydrogens (primary N) is 1. The second kappa shape index (κ2) is 8.86. The van der Waals surface area contributed by atoms with Crippen molar-refractivity contribution in [2.24, 2.45) is 5.90 Å². The van der Waals surface area contributed by atoms with Gasteiger partial charge in [0.15, 0.2) is 5.75 Å². The topological polar surface area (TPSA) is 93.8 Å². The van der Waals surface area contributed by atoms with E-state index in [0.717, 1.165) is 5.56 Å². The molecule has 6 heteroatoms. The lowest BCUT2D eigenvalue weighted by atomic mass is 9.98. The molecule has 0 heterocycles. The van der Waals surface area contributed by atoms with Gasteiger partial charge in [-0.05, 0) is 42.7 Å². The first-order valence-electron chi connectivity index (χ1n) is 7.96. The first-order chi connectivity index (χ1) is 12.1. The molecule has 132 valence electrons. The lowest BCUT2D eigenvalue weighted by Crippen LogP contribution is -2.24. The van der Waals surface area contributed by atoms with Gasteiger partial charge in [0.25, 0.3) is 5.91 Å². The molecule has 0 aliphatic heterocycles. The predicted molar refractivity (Wildman–Crippen MR) is 95.8 cm³/mol. The summed E-state index contributed by atoms with van der Waals surface area (Å²) >= 11 is 0. The molecule has 0 saturated carbocycles. The van der Waals surface area contributed by atoms with E-state index in [-0.39, 0.29) is 5.91 Å². The summed E-state index contributed by atoms with van der Waals surface area (Å²) in [5.41, 5.74) is 2.81. The van der Waals surface area contributed by atoms with Crippen LogP contribution in [0.25, 0.3) is 5.57 Å². The van der Waals surface area contributed by atoms with Gasteiger partial charge < -0.3 is 15.0 Å². The van der Waals surface area contributed by atoms with E-state index in [1.165, 1.54) is 0 Å². The highest BCUT2D eigenvalue weighted by Crippen LogP contribution is 2.27. The van der Waals surface area contributed by atoms with Gasteiger partial charge in [0.05, 0.1) is 0 Å². The number of nitrogens with one attached hydrogen (secondary N) is 1. The molecule has 1 amide bonds. The van der Waals surface area contributed by atoms with Crippen LogP contribution in [-0.2, 0) is 11.3 Å². The molecule has 0 bridgehead atoms. The number of allylic oxidation sites excluding steroid dienone is 1. The van der Waals surface area contributed by atoms with Crippen LogP contribution in [0.3, 0.4) is 0 Å². The summed E-state index contributed by atoms with van der Waals surface area (Å²) in [5, 5.41) is 11.8. The molecule has 4 N–H and O–H groups in total. The monoisotopic (exact) mass is 342 g/mol. The maximum absolute atomic E-state index is 12.7. The summed E-state index contributed by atoms with van der Waals surface area (Å²) in [5.74, 6) is 5.79. The van der Waals surface area contributed by atoms with Gasteiger partial charge in [-0.1, -0.05) is 37.3 Å². The van der Waals surface area contributed by atoms with Crippen LogP contribution in [0.15, 0.2) is 48.5 Å². The molecule has 0 radical (unpaired) electrons. The number of rotatable bonds is 7. The van der Waals surface area contributed by atoms with Gasteiger partial charge in [-0.25, -0.2) is 5.26 Å². The van der Waals surface area contributed by atoms with Crippen molar-refractivity contribution in [1.82, 2.24) is 5.32 Å². The van der Waals surface area contributed by atoms with Gasteiger partial charge in [-0.2, -0.15) is 5.90 Å². The van der Waals surface area contributed by atoms with Crippen LogP contribution >= 0.6 is 0 Å². The van der Waals surface area contributed by atoms with Crippen LogP contribution in [0.4, 0.5) is 0 Å². The van der Waals surface area contributed by atoms with E-state index in [2.05, 4.69) is 10.2 Å². The minimum atomic E-state index is -0.209. The average molecular weight is 342 g/mol. The zero-order valence-electron chi connectivity index (χ0n) is 14.3. The molecule has 6 nitrogen and oxygen atoms in total. The second-order valence-corrected chi connectivity index (χ2v) is 5.49. The summed E-state index contributed by atoms with van der Waals surface area (Å²) in [6, 6.07) is 12.4. The number of hydrogen-bond acceptors (Lipinski definition) is 5. The molecule has 0 aliphatic carbocycles. The fourth-order valence-electron chi connectivity index (χ4n) is 2.54. The molecule has 0 saturated heterocycles. The molecule has 0 aromatic heterocycles. The third-order valence-corrected chi connectivity index (χ3v) is 3.81. The Hall–Kier alpha value is -2.83. The molecule has 2 rings (SSSR count). The number of carbonyl (C=O) groups excluding carboxylic acids is 1. The first kappa shape index (κ1) is 18.5. The third kappa shape index (κ3) is 4.59. The molecule has 2 aromatic rings. The Balaban J connectivity index is 2.20. The fourth-order valence-corrected chi connectivity index (χ4v) is 2.54. The predicted octanol–water partition coefficient (Wildman–Crippen LogP) is 3.21. The van der Waals surface area contributed by atoms with Gasteiger partial charge in [0.1, 0.15) is 5.75 Å². The highest BCUT2D eigenvalue weighted by molar-refractivity contribution is 6.19. The van der Waals surface area contributed by atoms with E-state index >= 15 is 0 Å². The Morgan fingerprint density at radius 1 is 1.28 bits per heavy atom. The van der Waals surface area contributed by atoms with Crippen LogP contribution < -0.4 is 20.9 Å². The largest absolute Gasteiger partial charge is 0.412 e. The lowest BCUT2D eigenvalue weighted by molar-refractivity contribution is -0.138. The van der Waals surface area contributed by atoms with Crippen LogP contribution in [0.1, 0.15) is 30.0 Å². The van der Waals surface area contributed by atoms with Gasteiger partial charge in [0, 0.05) is 17.7 Å². The van der Waals surface area contributed by atoms with Gasteiger partial charge in [-0.15, -0.1) is 0 Å². The molecule has 2 aromatic carbocycles. The number of carbonyl (C=O) groups is 1. The molecule has 0 unspecified atom stereocenters. The van der Waals surface area contributed by atoms with Crippen molar-refractivity contribution in [3.63, 3.8) is 0 Å².